The van der Waals surface area contributed by atoms with E-state index < -0.39 is 23.4 Å². The molecular weight excluding hydrogens is 359 g/mol. The number of fused-ring (bicyclic) bond motifs is 1. The average molecular weight is 378 g/mol. The summed E-state index contributed by atoms with van der Waals surface area (Å²) >= 11 is 0. The molecule has 2 aromatic rings. The predicted octanol–water partition coefficient (Wildman–Crippen LogP) is 6.87. The van der Waals surface area contributed by atoms with E-state index in [1.807, 2.05) is 6.08 Å². The topological polar surface area (TPSA) is 0 Å². The Morgan fingerprint density at radius 2 is 1.74 bits per heavy atom. The normalized spacial score (nSPS) is 20.7. The van der Waals surface area contributed by atoms with Gasteiger partial charge in [-0.15, -0.1) is 0 Å². The Morgan fingerprint density at radius 3 is 2.41 bits per heavy atom. The van der Waals surface area contributed by atoms with Gasteiger partial charge >= 0.3 is 6.18 Å². The van der Waals surface area contributed by atoms with Crippen LogP contribution in [0.1, 0.15) is 43.7 Å². The standard InChI is InChI=1S/C22H19F5/c1-14-2-4-15(5-3-14)6-7-16-8-9-18-17(12-16)13-20(23)19(21(18)24)10-11-22(25,26)27/h6-9,12-15H,2-5H2,1H3/b7-6+. The molecule has 0 unspecified atom stereocenters. The van der Waals surface area contributed by atoms with Gasteiger partial charge in [0.05, 0.1) is 5.56 Å². The molecule has 1 fully saturated rings. The summed E-state index contributed by atoms with van der Waals surface area (Å²) in [6, 6.07) is 5.78. The Balaban J connectivity index is 1.89. The Morgan fingerprint density at radius 1 is 1.04 bits per heavy atom. The van der Waals surface area contributed by atoms with Crippen LogP contribution < -0.4 is 0 Å². The summed E-state index contributed by atoms with van der Waals surface area (Å²) < 4.78 is 65.1. The molecule has 0 spiro atoms. The Hall–Kier alpha value is -2.35. The van der Waals surface area contributed by atoms with Crippen LogP contribution in [0.5, 0.6) is 0 Å². The molecule has 0 aliphatic heterocycles. The molecule has 0 atom stereocenters. The van der Waals surface area contributed by atoms with Crippen LogP contribution in [0.2, 0.25) is 0 Å². The van der Waals surface area contributed by atoms with Gasteiger partial charge in [0.2, 0.25) is 0 Å². The highest BCUT2D eigenvalue weighted by Crippen LogP contribution is 2.30. The van der Waals surface area contributed by atoms with Crippen LogP contribution in [0.4, 0.5) is 22.0 Å². The molecule has 2 aromatic carbocycles. The Labute approximate surface area is 155 Å². The molecule has 1 aliphatic carbocycles. The van der Waals surface area contributed by atoms with Crippen molar-refractivity contribution in [2.24, 2.45) is 11.8 Å². The highest BCUT2D eigenvalue weighted by molar-refractivity contribution is 5.87. The maximum absolute atomic E-state index is 14.4. The van der Waals surface area contributed by atoms with Crippen molar-refractivity contribution in [1.82, 2.24) is 0 Å². The number of hydrogen-bond acceptors (Lipinski definition) is 0. The van der Waals surface area contributed by atoms with Crippen LogP contribution in [0.3, 0.4) is 0 Å². The molecular formula is C22H19F5. The quantitative estimate of drug-likeness (QED) is 0.395. The summed E-state index contributed by atoms with van der Waals surface area (Å²) in [5, 5.41) is 0.341. The van der Waals surface area contributed by atoms with E-state index in [1.165, 1.54) is 18.9 Å². The van der Waals surface area contributed by atoms with Crippen molar-refractivity contribution in [2.45, 2.75) is 38.8 Å². The van der Waals surface area contributed by atoms with Gasteiger partial charge in [0, 0.05) is 11.3 Å². The summed E-state index contributed by atoms with van der Waals surface area (Å²) in [7, 11) is 0. The maximum atomic E-state index is 14.4. The zero-order chi connectivity index (χ0) is 19.6. The molecule has 0 radical (unpaired) electrons. The van der Waals surface area contributed by atoms with E-state index in [0.717, 1.165) is 36.3 Å². The lowest BCUT2D eigenvalue weighted by Crippen LogP contribution is -2.09. The lowest BCUT2D eigenvalue weighted by atomic mass is 9.83. The number of hydrogen-bond donors (Lipinski definition) is 0. The van der Waals surface area contributed by atoms with Crippen LogP contribution in [0.15, 0.2) is 30.3 Å². The smallest absolute Gasteiger partial charge is 0.205 e. The molecule has 0 N–H and O–H groups in total. The second kappa shape index (κ2) is 7.72. The highest BCUT2D eigenvalue weighted by atomic mass is 19.4. The second-order valence-corrected chi connectivity index (χ2v) is 7.15. The molecule has 0 aromatic heterocycles. The SMILES string of the molecule is CC1CCC(/C=C/c2ccc3c(F)c(C#CC(F)(F)F)c(F)cc3c2)CC1. The fourth-order valence-corrected chi connectivity index (χ4v) is 3.43. The lowest BCUT2D eigenvalue weighted by molar-refractivity contribution is -0.0696. The molecule has 1 aliphatic rings. The monoisotopic (exact) mass is 378 g/mol. The van der Waals surface area contributed by atoms with E-state index in [0.29, 0.717) is 11.3 Å². The van der Waals surface area contributed by atoms with Crippen LogP contribution in [0, 0.1) is 35.3 Å². The molecule has 0 saturated heterocycles. The van der Waals surface area contributed by atoms with Crippen molar-refractivity contribution in [3.63, 3.8) is 0 Å². The molecule has 1 saturated carbocycles. The third kappa shape index (κ3) is 4.88. The maximum Gasteiger partial charge on any atom is 0.458 e. The van der Waals surface area contributed by atoms with Crippen LogP contribution >= 0.6 is 0 Å². The van der Waals surface area contributed by atoms with E-state index in [-0.39, 0.29) is 5.39 Å². The van der Waals surface area contributed by atoms with Gasteiger partial charge in [0.1, 0.15) is 11.6 Å². The van der Waals surface area contributed by atoms with Crippen LogP contribution in [-0.2, 0) is 0 Å². The van der Waals surface area contributed by atoms with Gasteiger partial charge in [-0.3, -0.25) is 0 Å². The molecule has 142 valence electrons. The molecule has 27 heavy (non-hydrogen) atoms. The predicted molar refractivity (Wildman–Crippen MR) is 97.0 cm³/mol. The van der Waals surface area contributed by atoms with Crippen molar-refractivity contribution >= 4 is 16.8 Å². The van der Waals surface area contributed by atoms with Crippen molar-refractivity contribution in [3.8, 4) is 11.8 Å². The number of allylic oxidation sites excluding steroid dienone is 1. The van der Waals surface area contributed by atoms with Crippen LogP contribution in [-0.4, -0.2) is 6.18 Å². The minimum Gasteiger partial charge on any atom is -0.205 e. The van der Waals surface area contributed by atoms with E-state index in [9.17, 15) is 22.0 Å². The largest absolute Gasteiger partial charge is 0.458 e. The summed E-state index contributed by atoms with van der Waals surface area (Å²) in [6.45, 7) is 2.25. The highest BCUT2D eigenvalue weighted by Gasteiger charge is 2.24. The Bertz CT molecular complexity index is 920. The summed E-state index contributed by atoms with van der Waals surface area (Å²) in [4.78, 5) is 0. The lowest BCUT2D eigenvalue weighted by Gasteiger charge is -2.23. The van der Waals surface area contributed by atoms with Crippen molar-refractivity contribution in [3.05, 3.63) is 53.1 Å². The van der Waals surface area contributed by atoms with Crippen molar-refractivity contribution in [1.29, 1.82) is 0 Å². The van der Waals surface area contributed by atoms with E-state index in [2.05, 4.69) is 13.0 Å². The first-order chi connectivity index (χ1) is 12.7. The first-order valence-corrected chi connectivity index (χ1v) is 8.93. The van der Waals surface area contributed by atoms with Crippen molar-refractivity contribution in [2.75, 3.05) is 0 Å². The Kier molecular flexibility index (Phi) is 5.55. The number of rotatable bonds is 2. The van der Waals surface area contributed by atoms with E-state index in [1.54, 1.807) is 18.1 Å². The van der Waals surface area contributed by atoms with Gasteiger partial charge in [0.25, 0.3) is 0 Å². The first-order valence-electron chi connectivity index (χ1n) is 8.93. The molecule has 0 amide bonds. The summed E-state index contributed by atoms with van der Waals surface area (Å²) in [6.07, 6.45) is 3.93. The average Bonchev–Trinajstić information content (AvgIpc) is 2.60. The van der Waals surface area contributed by atoms with Gasteiger partial charge in [-0.1, -0.05) is 50.0 Å². The molecule has 5 heteroatoms. The zero-order valence-corrected chi connectivity index (χ0v) is 14.8. The molecule has 0 bridgehead atoms. The minimum atomic E-state index is -4.81. The van der Waals surface area contributed by atoms with Crippen LogP contribution in [0.25, 0.3) is 16.8 Å². The fourth-order valence-electron chi connectivity index (χ4n) is 3.43. The second-order valence-electron chi connectivity index (χ2n) is 7.15. The summed E-state index contributed by atoms with van der Waals surface area (Å²) in [5.74, 6) is 1.57. The van der Waals surface area contributed by atoms with Crippen molar-refractivity contribution < 1.29 is 22.0 Å². The number of halogens is 5. The molecule has 0 nitrogen and oxygen atoms in total. The van der Waals surface area contributed by atoms with Gasteiger partial charge < -0.3 is 0 Å². The summed E-state index contributed by atoms with van der Waals surface area (Å²) in [5.41, 5.74) is -0.0616. The number of alkyl halides is 3. The third-order valence-corrected chi connectivity index (χ3v) is 5.00. The van der Waals surface area contributed by atoms with Gasteiger partial charge in [-0.2, -0.15) is 13.2 Å². The third-order valence-electron chi connectivity index (χ3n) is 5.00. The van der Waals surface area contributed by atoms with Gasteiger partial charge in [0.15, 0.2) is 0 Å². The van der Waals surface area contributed by atoms with Gasteiger partial charge in [-0.25, -0.2) is 8.78 Å². The molecule has 3 rings (SSSR count). The van der Waals surface area contributed by atoms with Gasteiger partial charge in [-0.05, 0) is 47.8 Å². The van der Waals surface area contributed by atoms with E-state index >= 15 is 0 Å². The zero-order valence-electron chi connectivity index (χ0n) is 14.8. The fraction of sp³-hybridized carbons (Fsp3) is 0.364. The number of benzene rings is 2. The minimum absolute atomic E-state index is 0.0477. The molecule has 0 heterocycles. The first kappa shape index (κ1) is 19.4. The van der Waals surface area contributed by atoms with E-state index in [4.69, 9.17) is 0 Å².